The molecule has 0 aromatic heterocycles. The molecule has 0 bridgehead atoms. The molecule has 2 aliphatic rings. The average molecular weight is 620 g/mol. The van der Waals surface area contributed by atoms with Crippen molar-refractivity contribution in [1.29, 1.82) is 0 Å². The minimum absolute atomic E-state index is 0.0543. The van der Waals surface area contributed by atoms with Crippen LogP contribution in [-0.4, -0.2) is 78.0 Å². The van der Waals surface area contributed by atoms with Crippen molar-refractivity contribution in [2.24, 2.45) is 16.6 Å². The molecule has 0 saturated carbocycles. The molecule has 1 fully saturated rings. The molecule has 0 radical (unpaired) electrons. The molecule has 2 aliphatic heterocycles. The number of rotatable bonds is 12. The summed E-state index contributed by atoms with van der Waals surface area (Å²) in [6, 6.07) is 17.9. The third-order valence-corrected chi connectivity index (χ3v) is 9.25. The molecule has 11 heteroatoms. The molecular formula is C33H41N5O5S. The number of benzene rings is 2. The molecule has 44 heavy (non-hydrogen) atoms. The molecule has 0 aliphatic carbocycles. The van der Waals surface area contributed by atoms with Crippen molar-refractivity contribution >= 4 is 41.3 Å². The Bertz CT molecular complexity index is 1340. The first kappa shape index (κ1) is 32.9. The molecule has 2 aromatic carbocycles. The minimum atomic E-state index is -0.823. The number of thioether (sulfide) groups is 1. The number of nitrogens with two attached hydrogens (primary N) is 1. The first-order valence-corrected chi connectivity index (χ1v) is 15.9. The summed E-state index contributed by atoms with van der Waals surface area (Å²) < 4.78 is 5.15. The number of hydrogen-bond donors (Lipinski definition) is 3. The first-order valence-electron chi connectivity index (χ1n) is 15.0. The lowest BCUT2D eigenvalue weighted by Gasteiger charge is -2.33. The Morgan fingerprint density at radius 3 is 2.30 bits per heavy atom. The van der Waals surface area contributed by atoms with Gasteiger partial charge in [0.15, 0.2) is 0 Å². The van der Waals surface area contributed by atoms with Gasteiger partial charge < -0.3 is 20.7 Å². The number of aliphatic imine (C=N–C) groups is 1. The van der Waals surface area contributed by atoms with Crippen LogP contribution in [0.3, 0.4) is 0 Å². The summed E-state index contributed by atoms with van der Waals surface area (Å²) in [7, 11) is 0. The first-order chi connectivity index (χ1) is 21.2. The van der Waals surface area contributed by atoms with E-state index in [0.29, 0.717) is 19.4 Å². The number of ether oxygens (including phenoxy) is 1. The van der Waals surface area contributed by atoms with Crippen molar-refractivity contribution in [2.45, 2.75) is 56.9 Å². The molecule has 3 amide bonds. The van der Waals surface area contributed by atoms with Gasteiger partial charge in [-0.3, -0.25) is 24.5 Å². The van der Waals surface area contributed by atoms with Crippen molar-refractivity contribution in [3.8, 4) is 0 Å². The highest BCUT2D eigenvalue weighted by atomic mass is 32.2. The highest BCUT2D eigenvalue weighted by Gasteiger charge is 2.41. The van der Waals surface area contributed by atoms with E-state index in [-0.39, 0.29) is 54.4 Å². The number of likely N-dealkylation sites (tertiary alicyclic amines) is 1. The number of carbonyl (C=O) groups excluding carboxylic acids is 4. The summed E-state index contributed by atoms with van der Waals surface area (Å²) in [5.41, 5.74) is 7.87. The second-order valence-corrected chi connectivity index (χ2v) is 12.2. The van der Waals surface area contributed by atoms with Crippen LogP contribution in [0.5, 0.6) is 0 Å². The van der Waals surface area contributed by atoms with Gasteiger partial charge in [-0.15, -0.1) is 11.8 Å². The van der Waals surface area contributed by atoms with Gasteiger partial charge in [0.2, 0.25) is 17.7 Å². The molecule has 0 spiro atoms. The molecule has 2 heterocycles. The van der Waals surface area contributed by atoms with E-state index in [1.807, 2.05) is 73.7 Å². The Hall–Kier alpha value is -3.96. The maximum atomic E-state index is 14.4. The largest absolute Gasteiger partial charge is 0.465 e. The number of nitrogens with one attached hydrogen (secondary N) is 2. The maximum Gasteiger partial charge on any atom is 0.319 e. The Labute approximate surface area is 262 Å². The van der Waals surface area contributed by atoms with Gasteiger partial charge in [-0.25, -0.2) is 0 Å². The maximum absolute atomic E-state index is 14.4. The van der Waals surface area contributed by atoms with E-state index >= 15 is 0 Å². The average Bonchev–Trinajstić information content (AvgIpc) is 3.65. The van der Waals surface area contributed by atoms with Crippen LogP contribution < -0.4 is 16.4 Å². The highest BCUT2D eigenvalue weighted by Crippen LogP contribution is 2.36. The van der Waals surface area contributed by atoms with Gasteiger partial charge in [-0.05, 0) is 36.8 Å². The van der Waals surface area contributed by atoms with Crippen LogP contribution in [0.15, 0.2) is 76.6 Å². The normalized spacial score (nSPS) is 20.7. The standard InChI is InChI=1S/C33H41N5O5S/c1-4-43-27(40)20-35-29(28(23-12-7-5-8-13-23)24-14-9-6-10-15-24)33(42)38-17-11-16-26(38)32(41)36-19-25-18-21(2)30(44-25)31(34)37-22(3)39/h5-10,12-15,18,21,26,28-30,35H,4,11,16-17,19-20H2,1-3H3,(H,36,41)(H2,34,37,39)/t21?,26?,29-,30?/m1/s1. The molecule has 3 unspecified atom stereocenters. The highest BCUT2D eigenvalue weighted by molar-refractivity contribution is 8.04. The number of esters is 1. The topological polar surface area (TPSA) is 143 Å². The van der Waals surface area contributed by atoms with E-state index in [4.69, 9.17) is 10.5 Å². The summed E-state index contributed by atoms with van der Waals surface area (Å²) in [5.74, 6) is -1.37. The van der Waals surface area contributed by atoms with Gasteiger partial charge in [0.05, 0.1) is 24.4 Å². The molecule has 234 valence electrons. The van der Waals surface area contributed by atoms with Gasteiger partial charge in [0.25, 0.3) is 0 Å². The number of allylic oxidation sites excluding steroid dienone is 1. The Morgan fingerprint density at radius 1 is 1.07 bits per heavy atom. The molecule has 10 nitrogen and oxygen atoms in total. The minimum Gasteiger partial charge on any atom is -0.465 e. The van der Waals surface area contributed by atoms with Crippen LogP contribution in [0.25, 0.3) is 0 Å². The Morgan fingerprint density at radius 2 is 1.70 bits per heavy atom. The fraction of sp³-hybridized carbons (Fsp3) is 0.424. The smallest absolute Gasteiger partial charge is 0.319 e. The second kappa shape index (κ2) is 15.7. The van der Waals surface area contributed by atoms with Crippen molar-refractivity contribution < 1.29 is 23.9 Å². The van der Waals surface area contributed by atoms with Gasteiger partial charge in [0, 0.05) is 30.8 Å². The van der Waals surface area contributed by atoms with Gasteiger partial charge >= 0.3 is 5.97 Å². The second-order valence-electron chi connectivity index (χ2n) is 11.0. The third kappa shape index (κ3) is 8.35. The van der Waals surface area contributed by atoms with Gasteiger partial charge in [0.1, 0.15) is 11.9 Å². The number of nitrogens with zero attached hydrogens (tertiary/aromatic N) is 2. The molecule has 4 N–H and O–H groups in total. The summed E-state index contributed by atoms with van der Waals surface area (Å²) in [4.78, 5) is 58.1. The van der Waals surface area contributed by atoms with Crippen molar-refractivity contribution in [3.05, 3.63) is 82.8 Å². The van der Waals surface area contributed by atoms with Crippen molar-refractivity contribution in [2.75, 3.05) is 26.2 Å². The SMILES string of the molecule is CCOC(=O)CN[C@@H](C(=O)N1CCCC1C(=O)NCC1=CC(C)C(C(N)=NC(C)=O)S1)C(c1ccccc1)c1ccccc1. The zero-order chi connectivity index (χ0) is 31.6. The Balaban J connectivity index is 1.53. The quantitative estimate of drug-likeness (QED) is 0.187. The summed E-state index contributed by atoms with van der Waals surface area (Å²) in [6.45, 7) is 5.90. The van der Waals surface area contributed by atoms with Gasteiger partial charge in [-0.1, -0.05) is 73.7 Å². The molecule has 2 aromatic rings. The lowest BCUT2D eigenvalue weighted by molar-refractivity contribution is -0.143. The van der Waals surface area contributed by atoms with E-state index in [2.05, 4.69) is 15.6 Å². The van der Waals surface area contributed by atoms with E-state index in [1.165, 1.54) is 18.7 Å². The zero-order valence-corrected chi connectivity index (χ0v) is 26.2. The lowest BCUT2D eigenvalue weighted by Crippen LogP contribution is -2.55. The number of amidine groups is 1. The van der Waals surface area contributed by atoms with E-state index in [0.717, 1.165) is 16.0 Å². The molecule has 1 saturated heterocycles. The van der Waals surface area contributed by atoms with Gasteiger partial charge in [-0.2, -0.15) is 4.99 Å². The summed E-state index contributed by atoms with van der Waals surface area (Å²) >= 11 is 1.48. The van der Waals surface area contributed by atoms with Crippen molar-refractivity contribution in [1.82, 2.24) is 15.5 Å². The summed E-state index contributed by atoms with van der Waals surface area (Å²) in [6.07, 6.45) is 3.24. The van der Waals surface area contributed by atoms with Crippen LogP contribution in [-0.2, 0) is 23.9 Å². The zero-order valence-electron chi connectivity index (χ0n) is 25.4. The third-order valence-electron chi connectivity index (χ3n) is 7.75. The fourth-order valence-corrected chi connectivity index (χ4v) is 7.03. The van der Waals surface area contributed by atoms with Crippen LogP contribution in [0.1, 0.15) is 50.7 Å². The van der Waals surface area contributed by atoms with E-state index < -0.39 is 24.0 Å². The molecule has 4 rings (SSSR count). The van der Waals surface area contributed by atoms with Crippen LogP contribution >= 0.6 is 11.8 Å². The number of amides is 3. The molecular weight excluding hydrogens is 578 g/mol. The molecule has 4 atom stereocenters. The fourth-order valence-electron chi connectivity index (χ4n) is 5.79. The van der Waals surface area contributed by atoms with Crippen LogP contribution in [0.2, 0.25) is 0 Å². The van der Waals surface area contributed by atoms with Crippen molar-refractivity contribution in [3.63, 3.8) is 0 Å². The summed E-state index contributed by atoms with van der Waals surface area (Å²) in [5, 5.41) is 6.03. The van der Waals surface area contributed by atoms with E-state index in [9.17, 15) is 19.2 Å². The number of hydrogen-bond acceptors (Lipinski definition) is 7. The monoisotopic (exact) mass is 619 g/mol. The Kier molecular flexibility index (Phi) is 11.7. The van der Waals surface area contributed by atoms with Crippen LogP contribution in [0.4, 0.5) is 0 Å². The van der Waals surface area contributed by atoms with Crippen LogP contribution in [0, 0.1) is 5.92 Å². The van der Waals surface area contributed by atoms with E-state index in [1.54, 1.807) is 11.8 Å². The lowest BCUT2D eigenvalue weighted by atomic mass is 9.84. The predicted octanol–water partition coefficient (Wildman–Crippen LogP) is 2.99. The predicted molar refractivity (Wildman–Crippen MR) is 172 cm³/mol. The number of carbonyl (C=O) groups is 4.